The number of carbonyl (C=O) groups is 1. The van der Waals surface area contributed by atoms with Crippen LogP contribution < -0.4 is 5.32 Å². The van der Waals surface area contributed by atoms with Gasteiger partial charge in [0.25, 0.3) is 0 Å². The Morgan fingerprint density at radius 2 is 2.25 bits per heavy atom. The van der Waals surface area contributed by atoms with Gasteiger partial charge in [0.1, 0.15) is 5.41 Å². The number of hydrogen-bond donors (Lipinski definition) is 1. The van der Waals surface area contributed by atoms with E-state index in [2.05, 4.69) is 25.2 Å². The maximum absolute atomic E-state index is 12.0. The molecule has 0 radical (unpaired) electrons. The molecular formula is C13H20N2O. The second kappa shape index (κ2) is 4.08. The van der Waals surface area contributed by atoms with Gasteiger partial charge in [-0.2, -0.15) is 5.26 Å². The molecule has 2 aliphatic rings. The van der Waals surface area contributed by atoms with E-state index in [-0.39, 0.29) is 5.91 Å². The number of nitriles is 1. The number of carbonyl (C=O) groups excluding carboxylic acids is 1. The van der Waals surface area contributed by atoms with Crippen molar-refractivity contribution in [1.29, 1.82) is 5.26 Å². The summed E-state index contributed by atoms with van der Waals surface area (Å²) in [6, 6.07) is 2.57. The maximum Gasteiger partial charge on any atom is 0.240 e. The number of hydrogen-bond acceptors (Lipinski definition) is 2. The monoisotopic (exact) mass is 220 g/mol. The van der Waals surface area contributed by atoms with Crippen LogP contribution in [0, 0.1) is 28.6 Å². The summed E-state index contributed by atoms with van der Waals surface area (Å²) in [6.07, 6.45) is 4.95. The van der Waals surface area contributed by atoms with Crippen LogP contribution in [0.3, 0.4) is 0 Å². The molecule has 16 heavy (non-hydrogen) atoms. The van der Waals surface area contributed by atoms with Gasteiger partial charge in [0.2, 0.25) is 5.91 Å². The summed E-state index contributed by atoms with van der Waals surface area (Å²) >= 11 is 0. The highest BCUT2D eigenvalue weighted by Gasteiger charge is 2.51. The molecule has 0 aromatic carbocycles. The molecule has 1 N–H and O–H groups in total. The van der Waals surface area contributed by atoms with Crippen molar-refractivity contribution in [2.75, 3.05) is 0 Å². The third-order valence-corrected chi connectivity index (χ3v) is 3.94. The summed E-state index contributed by atoms with van der Waals surface area (Å²) in [7, 11) is 0. The Morgan fingerprint density at radius 3 is 2.75 bits per heavy atom. The summed E-state index contributed by atoms with van der Waals surface area (Å²) < 4.78 is 0. The van der Waals surface area contributed by atoms with Crippen LogP contribution >= 0.6 is 0 Å². The van der Waals surface area contributed by atoms with Gasteiger partial charge in [-0.1, -0.05) is 20.3 Å². The second-order valence-corrected chi connectivity index (χ2v) is 5.57. The lowest BCUT2D eigenvalue weighted by Crippen LogP contribution is -2.49. The zero-order chi connectivity index (χ0) is 11.8. The zero-order valence-electron chi connectivity index (χ0n) is 10.1. The molecule has 0 aromatic heterocycles. The van der Waals surface area contributed by atoms with Crippen LogP contribution in [0.2, 0.25) is 0 Å². The first-order valence-corrected chi connectivity index (χ1v) is 6.33. The lowest BCUT2D eigenvalue weighted by molar-refractivity contribution is -0.134. The van der Waals surface area contributed by atoms with Crippen molar-refractivity contribution < 1.29 is 4.79 Å². The van der Waals surface area contributed by atoms with Crippen LogP contribution in [0.25, 0.3) is 0 Å². The quantitative estimate of drug-likeness (QED) is 0.790. The average Bonchev–Trinajstić information content (AvgIpc) is 2.91. The van der Waals surface area contributed by atoms with Gasteiger partial charge in [0.05, 0.1) is 6.07 Å². The largest absolute Gasteiger partial charge is 0.352 e. The second-order valence-electron chi connectivity index (χ2n) is 5.57. The number of nitrogens with one attached hydrogen (secondary N) is 1. The third-order valence-electron chi connectivity index (χ3n) is 3.94. The summed E-state index contributed by atoms with van der Waals surface area (Å²) in [6.45, 7) is 4.27. The Kier molecular flexibility index (Phi) is 2.92. The predicted octanol–water partition coefficient (Wildman–Crippen LogP) is 2.23. The SMILES string of the molecule is CCCC1CC1NC(=O)C1(C#N)CC(C)C1. The van der Waals surface area contributed by atoms with Gasteiger partial charge in [-0.05, 0) is 37.5 Å². The van der Waals surface area contributed by atoms with Crippen LogP contribution in [0.15, 0.2) is 0 Å². The Hall–Kier alpha value is -1.04. The zero-order valence-corrected chi connectivity index (χ0v) is 10.1. The van der Waals surface area contributed by atoms with E-state index in [1.165, 1.54) is 12.8 Å². The van der Waals surface area contributed by atoms with E-state index in [4.69, 9.17) is 5.26 Å². The van der Waals surface area contributed by atoms with Crippen LogP contribution in [0.4, 0.5) is 0 Å². The molecule has 3 nitrogen and oxygen atoms in total. The standard InChI is InChI=1S/C13H20N2O/c1-3-4-10-5-11(10)15-12(16)13(8-14)6-9(2)7-13/h9-11H,3-7H2,1-2H3,(H,15,16). The van der Waals surface area contributed by atoms with Gasteiger partial charge >= 0.3 is 0 Å². The van der Waals surface area contributed by atoms with E-state index in [0.29, 0.717) is 17.9 Å². The molecule has 3 heteroatoms. The van der Waals surface area contributed by atoms with E-state index in [0.717, 1.165) is 19.3 Å². The number of rotatable bonds is 4. The summed E-state index contributed by atoms with van der Waals surface area (Å²) in [4.78, 5) is 12.0. The van der Waals surface area contributed by atoms with Crippen LogP contribution in [-0.4, -0.2) is 11.9 Å². The van der Waals surface area contributed by atoms with Crippen LogP contribution in [0.1, 0.15) is 46.0 Å². The topological polar surface area (TPSA) is 52.9 Å². The van der Waals surface area contributed by atoms with Crippen molar-refractivity contribution in [1.82, 2.24) is 5.32 Å². The van der Waals surface area contributed by atoms with Gasteiger partial charge < -0.3 is 5.32 Å². The van der Waals surface area contributed by atoms with Gasteiger partial charge in [-0.3, -0.25) is 4.79 Å². The molecule has 2 aliphatic carbocycles. The number of amides is 1. The normalized spacial score (nSPS) is 40.7. The van der Waals surface area contributed by atoms with E-state index < -0.39 is 5.41 Å². The summed E-state index contributed by atoms with van der Waals surface area (Å²) in [5.41, 5.74) is -0.696. The molecule has 0 heterocycles. The first-order chi connectivity index (χ1) is 7.61. The van der Waals surface area contributed by atoms with Crippen molar-refractivity contribution >= 4 is 5.91 Å². The Bertz CT molecular complexity index is 325. The maximum atomic E-state index is 12.0. The van der Waals surface area contributed by atoms with Crippen molar-refractivity contribution in [3.63, 3.8) is 0 Å². The lowest BCUT2D eigenvalue weighted by Gasteiger charge is -2.39. The van der Waals surface area contributed by atoms with E-state index in [1.807, 2.05) is 0 Å². The summed E-state index contributed by atoms with van der Waals surface area (Å²) in [5, 5.41) is 12.2. The molecule has 2 fully saturated rings. The minimum Gasteiger partial charge on any atom is -0.352 e. The molecule has 0 saturated heterocycles. The third kappa shape index (κ3) is 1.93. The Labute approximate surface area is 97.2 Å². The average molecular weight is 220 g/mol. The molecule has 2 unspecified atom stereocenters. The van der Waals surface area contributed by atoms with E-state index >= 15 is 0 Å². The number of nitrogens with zero attached hydrogens (tertiary/aromatic N) is 1. The molecule has 0 aliphatic heterocycles. The first kappa shape index (κ1) is 11.4. The minimum absolute atomic E-state index is 0.0169. The molecule has 1 amide bonds. The highest BCUT2D eigenvalue weighted by Crippen LogP contribution is 2.46. The molecule has 0 bridgehead atoms. The molecule has 0 aromatic rings. The van der Waals surface area contributed by atoms with Crippen LogP contribution in [-0.2, 0) is 4.79 Å². The van der Waals surface area contributed by atoms with Crippen LogP contribution in [0.5, 0.6) is 0 Å². The Morgan fingerprint density at radius 1 is 1.56 bits per heavy atom. The highest BCUT2D eigenvalue weighted by molar-refractivity contribution is 5.87. The fourth-order valence-corrected chi connectivity index (χ4v) is 2.88. The van der Waals surface area contributed by atoms with Gasteiger partial charge in [-0.15, -0.1) is 0 Å². The van der Waals surface area contributed by atoms with Gasteiger partial charge in [0.15, 0.2) is 0 Å². The van der Waals surface area contributed by atoms with Crippen molar-refractivity contribution in [2.24, 2.45) is 17.3 Å². The smallest absolute Gasteiger partial charge is 0.240 e. The fraction of sp³-hybridized carbons (Fsp3) is 0.846. The molecule has 0 spiro atoms. The fourth-order valence-electron chi connectivity index (χ4n) is 2.88. The summed E-state index contributed by atoms with van der Waals surface area (Å²) in [5.74, 6) is 1.18. The molecule has 2 rings (SSSR count). The molecular weight excluding hydrogens is 200 g/mol. The molecule has 2 saturated carbocycles. The van der Waals surface area contributed by atoms with Crippen molar-refractivity contribution in [3.8, 4) is 6.07 Å². The lowest BCUT2D eigenvalue weighted by atomic mass is 9.63. The predicted molar refractivity (Wildman–Crippen MR) is 61.4 cm³/mol. The van der Waals surface area contributed by atoms with Gasteiger partial charge in [-0.25, -0.2) is 0 Å². The molecule has 88 valence electrons. The van der Waals surface area contributed by atoms with Crippen molar-refractivity contribution in [2.45, 2.75) is 52.0 Å². The van der Waals surface area contributed by atoms with Gasteiger partial charge in [0, 0.05) is 6.04 Å². The minimum atomic E-state index is -0.696. The van der Waals surface area contributed by atoms with E-state index in [9.17, 15) is 4.79 Å². The van der Waals surface area contributed by atoms with E-state index in [1.54, 1.807) is 0 Å². The first-order valence-electron chi connectivity index (χ1n) is 6.33. The Balaban J connectivity index is 1.83. The van der Waals surface area contributed by atoms with Crippen molar-refractivity contribution in [3.05, 3.63) is 0 Å². The highest BCUT2D eigenvalue weighted by atomic mass is 16.2. The molecule has 2 atom stereocenters.